The van der Waals surface area contributed by atoms with E-state index in [0.717, 1.165) is 16.7 Å². The van der Waals surface area contributed by atoms with Crippen molar-refractivity contribution in [1.82, 2.24) is 9.97 Å². The molecule has 8 bridgehead atoms. The molecule has 2 aromatic heterocycles. The summed E-state index contributed by atoms with van der Waals surface area (Å²) in [5.41, 5.74) is 3.86. The average Bonchev–Trinajstić information content (AvgIpc) is 3.96. The summed E-state index contributed by atoms with van der Waals surface area (Å²) in [6.07, 6.45) is 19.5. The monoisotopic (exact) mass is 1020 g/mol. The Morgan fingerprint density at radius 2 is 1.78 bits per heavy atom. The van der Waals surface area contributed by atoms with Crippen molar-refractivity contribution < 1.29 is 62.1 Å². The van der Waals surface area contributed by atoms with Crippen molar-refractivity contribution >= 4 is 34.1 Å². The zero-order valence-corrected chi connectivity index (χ0v) is 42.3. The van der Waals surface area contributed by atoms with Crippen LogP contribution in [0.25, 0.3) is 12.2 Å². The number of aromatic nitrogens is 2. The fourth-order valence-electron chi connectivity index (χ4n) is 10.4. The minimum atomic E-state index is -1.73. The van der Waals surface area contributed by atoms with E-state index in [2.05, 4.69) is 22.5 Å². The van der Waals surface area contributed by atoms with E-state index in [1.165, 1.54) is 12.3 Å². The molecule has 0 saturated carbocycles. The number of carbonyl (C=O) groups excluding carboxylic acids is 1. The third-order valence-electron chi connectivity index (χ3n) is 13.9. The molecule has 0 spiro atoms. The molecule has 4 fully saturated rings. The third-order valence-corrected chi connectivity index (χ3v) is 14.2. The fraction of sp³-hybridized carbons (Fsp3) is 0.604. The van der Waals surface area contributed by atoms with Gasteiger partial charge in [-0.05, 0) is 75.1 Å². The highest BCUT2D eigenvalue weighted by Crippen LogP contribution is 2.40. The van der Waals surface area contributed by atoms with Crippen LogP contribution >= 0.6 is 15.9 Å². The number of esters is 1. The van der Waals surface area contributed by atoms with Crippen molar-refractivity contribution in [1.29, 1.82) is 0 Å². The van der Waals surface area contributed by atoms with Crippen molar-refractivity contribution in [3.8, 4) is 0 Å². The van der Waals surface area contributed by atoms with Gasteiger partial charge >= 0.3 is 5.97 Å². The lowest BCUT2D eigenvalue weighted by Crippen LogP contribution is -2.51. The summed E-state index contributed by atoms with van der Waals surface area (Å²) in [5, 5.41) is 33.9. The number of aliphatic hydroxyl groups excluding tert-OH is 2. The molecule has 3 N–H and O–H groups in total. The first-order valence-corrected chi connectivity index (χ1v) is 25.2. The largest absolute Gasteiger partial charge is 0.458 e. The van der Waals surface area contributed by atoms with Crippen LogP contribution < -0.4 is 0 Å². The first-order valence-electron chi connectivity index (χ1n) is 24.3. The van der Waals surface area contributed by atoms with Gasteiger partial charge in [0.25, 0.3) is 0 Å². The number of rotatable bonds is 12. The molecule has 0 amide bonds. The standard InChI is InChI=1S/C53H71BrN2O13/c1-31(16-17-38(61-6)12-10-18-54)21-44(58)47-26-42(62-7)27-53(60,69-47)28-49-55-36(29-63-49)22-33(3)51-35(5)52-34(4)45(67-51)13-9-14-48-56-43(30-64-48)46-24-37(57)23-41(66-46)25-40-20-32(2)19-39(65-40)11-8-15-50(59)68-52/h8-10,14-18,21-22,29-30,34-35,37-42,44-47,51-52,57-58,60H,2,11-13,19-20,23-28H2,1,3-7H3/b14-9+,15-8-,17-16+,18-10+,31-21+,33-22+/t34-,35+,37+,38-,39+,40-,41-,42-,44-,45-,46-,47-,51+,52+,53+/m1/s1. The maximum absolute atomic E-state index is 13.6. The molecular formula is C53H71BrN2O13. The molecule has 69 heavy (non-hydrogen) atoms. The molecular weight excluding hydrogens is 952 g/mol. The Morgan fingerprint density at radius 3 is 2.57 bits per heavy atom. The van der Waals surface area contributed by atoms with Gasteiger partial charge < -0.3 is 57.3 Å². The molecule has 2 aromatic rings. The summed E-state index contributed by atoms with van der Waals surface area (Å²) in [6, 6.07) is 0. The minimum absolute atomic E-state index is 0.0830. The molecule has 0 unspecified atom stereocenters. The van der Waals surface area contributed by atoms with Crippen molar-refractivity contribution in [2.24, 2.45) is 11.8 Å². The van der Waals surface area contributed by atoms with Gasteiger partial charge in [-0.25, -0.2) is 14.8 Å². The van der Waals surface area contributed by atoms with Crippen molar-refractivity contribution in [3.05, 3.63) is 107 Å². The second kappa shape index (κ2) is 24.5. The lowest BCUT2D eigenvalue weighted by molar-refractivity contribution is -0.286. The zero-order chi connectivity index (χ0) is 49.2. The number of methoxy groups -OCH3 is 2. The Hall–Kier alpha value is -3.81. The number of nitrogens with zero attached hydrogens (tertiary/aromatic N) is 2. The van der Waals surface area contributed by atoms with Gasteiger partial charge in [-0.3, -0.25) is 0 Å². The van der Waals surface area contributed by atoms with Crippen LogP contribution in [-0.4, -0.2) is 118 Å². The molecule has 7 rings (SSSR count). The summed E-state index contributed by atoms with van der Waals surface area (Å²) in [6.45, 7) is 12.2. The van der Waals surface area contributed by atoms with Crippen LogP contribution in [0.1, 0.15) is 121 Å². The van der Waals surface area contributed by atoms with Crippen molar-refractivity contribution in [2.45, 2.75) is 177 Å². The Bertz CT molecular complexity index is 2210. The maximum atomic E-state index is 13.6. The van der Waals surface area contributed by atoms with E-state index in [1.807, 2.05) is 64.2 Å². The van der Waals surface area contributed by atoms with E-state index in [9.17, 15) is 20.1 Å². The Kier molecular flexibility index (Phi) is 18.9. The second-order valence-electron chi connectivity index (χ2n) is 19.5. The summed E-state index contributed by atoms with van der Waals surface area (Å²) in [7, 11) is 3.22. The van der Waals surface area contributed by atoms with E-state index < -0.39 is 48.4 Å². The molecule has 0 aliphatic carbocycles. The second-order valence-corrected chi connectivity index (χ2v) is 20.0. The zero-order valence-electron chi connectivity index (χ0n) is 40.7. The number of fused-ring (bicyclic) bond motifs is 9. The van der Waals surface area contributed by atoms with Gasteiger partial charge in [0, 0.05) is 57.8 Å². The van der Waals surface area contributed by atoms with Crippen LogP contribution in [0, 0.1) is 11.8 Å². The lowest BCUT2D eigenvalue weighted by Gasteiger charge is -2.44. The Balaban J connectivity index is 1.06. The molecule has 0 radical (unpaired) electrons. The van der Waals surface area contributed by atoms with Crippen LogP contribution in [0.4, 0.5) is 0 Å². The summed E-state index contributed by atoms with van der Waals surface area (Å²) >= 11 is 3.28. The quantitative estimate of drug-likeness (QED) is 0.104. The van der Waals surface area contributed by atoms with Crippen LogP contribution in [0.15, 0.2) is 92.2 Å². The maximum Gasteiger partial charge on any atom is 0.330 e. The number of oxazole rings is 2. The molecule has 5 aliphatic heterocycles. The van der Waals surface area contributed by atoms with Gasteiger partial charge in [0.15, 0.2) is 11.7 Å². The molecule has 0 aromatic carbocycles. The van der Waals surface area contributed by atoms with E-state index in [1.54, 1.807) is 37.6 Å². The van der Waals surface area contributed by atoms with Crippen LogP contribution in [0.5, 0.6) is 0 Å². The normalized spacial score (nSPS) is 36.1. The topological polar surface area (TPSA) is 194 Å². The lowest BCUT2D eigenvalue weighted by atomic mass is 9.79. The number of aliphatic hydroxyl groups is 3. The van der Waals surface area contributed by atoms with Gasteiger partial charge in [-0.15, -0.1) is 0 Å². The number of hydrogen-bond acceptors (Lipinski definition) is 15. The van der Waals surface area contributed by atoms with E-state index in [0.29, 0.717) is 75.1 Å². The van der Waals surface area contributed by atoms with Crippen LogP contribution in [-0.2, 0) is 44.4 Å². The Morgan fingerprint density at radius 1 is 0.986 bits per heavy atom. The minimum Gasteiger partial charge on any atom is -0.458 e. The summed E-state index contributed by atoms with van der Waals surface area (Å²) in [4.78, 5) is 24.8. The number of allylic oxidation sites excluding steroid dienone is 2. The third kappa shape index (κ3) is 14.6. The molecule has 4 saturated heterocycles. The predicted molar refractivity (Wildman–Crippen MR) is 261 cm³/mol. The fourth-order valence-corrected chi connectivity index (χ4v) is 10.6. The van der Waals surface area contributed by atoms with Crippen molar-refractivity contribution in [3.63, 3.8) is 0 Å². The number of carbonyl (C=O) groups is 1. The molecule has 15 atom stereocenters. The first kappa shape index (κ1) is 53.0. The van der Waals surface area contributed by atoms with Gasteiger partial charge in [0.1, 0.15) is 36.1 Å². The van der Waals surface area contributed by atoms with Crippen LogP contribution in [0.2, 0.25) is 0 Å². The van der Waals surface area contributed by atoms with E-state index in [-0.39, 0.29) is 67.2 Å². The van der Waals surface area contributed by atoms with Crippen molar-refractivity contribution in [2.75, 3.05) is 14.2 Å². The number of halogens is 1. The SMILES string of the molecule is C=C1C[C@@H]2C[C@H]3C[C@H](O)C[C@@H](O3)c3coc(n3)/C=C/C[C@H]3O[C@@H](/C(C)=C/c4coc(C[C@]5(O)C[C@H](OC)C[C@H]([C@H](O)/C=C(C)/C=C/[C@@H](C/C=C/Br)OC)O5)n4)[C@H](C)[C@@H](OC(=O)/C=C\C[C@@H](C1)O2)[C@@H]3C. The average molecular weight is 1020 g/mol. The highest BCUT2D eigenvalue weighted by molar-refractivity contribution is 9.11. The Labute approximate surface area is 414 Å². The summed E-state index contributed by atoms with van der Waals surface area (Å²) < 4.78 is 55.2. The highest BCUT2D eigenvalue weighted by atomic mass is 79.9. The molecule has 7 heterocycles. The predicted octanol–water partition coefficient (Wildman–Crippen LogP) is 8.76. The van der Waals surface area contributed by atoms with E-state index in [4.69, 9.17) is 52.0 Å². The summed E-state index contributed by atoms with van der Waals surface area (Å²) in [5.74, 6) is -1.95. The van der Waals surface area contributed by atoms with E-state index >= 15 is 0 Å². The molecule has 5 aliphatic rings. The van der Waals surface area contributed by atoms with Gasteiger partial charge in [0.05, 0.1) is 67.5 Å². The van der Waals surface area contributed by atoms with Crippen LogP contribution in [0.3, 0.4) is 0 Å². The van der Waals surface area contributed by atoms with Gasteiger partial charge in [-0.1, -0.05) is 84.0 Å². The first-order chi connectivity index (χ1) is 33.1. The molecule has 15 nitrogen and oxygen atoms in total. The molecule has 378 valence electrons. The molecule has 16 heteroatoms. The van der Waals surface area contributed by atoms with Gasteiger partial charge in [0.2, 0.25) is 5.89 Å². The smallest absolute Gasteiger partial charge is 0.330 e. The van der Waals surface area contributed by atoms with Gasteiger partial charge in [-0.2, -0.15) is 0 Å². The number of ether oxygens (including phenoxy) is 7. The highest BCUT2D eigenvalue weighted by Gasteiger charge is 2.45. The number of hydrogen-bond donors (Lipinski definition) is 3.